The van der Waals surface area contributed by atoms with Crippen LogP contribution < -0.4 is 5.73 Å². The van der Waals surface area contributed by atoms with Gasteiger partial charge in [0, 0.05) is 11.3 Å². The summed E-state index contributed by atoms with van der Waals surface area (Å²) >= 11 is 5.40. The highest BCUT2D eigenvalue weighted by atomic mass is 79.9. The van der Waals surface area contributed by atoms with Gasteiger partial charge in [0.25, 0.3) is 0 Å². The number of nitrogens with zero attached hydrogens (tertiary/aromatic N) is 1. The van der Waals surface area contributed by atoms with Crippen LogP contribution in [0.25, 0.3) is 0 Å². The van der Waals surface area contributed by atoms with Gasteiger partial charge in [0.15, 0.2) is 0 Å². The van der Waals surface area contributed by atoms with Crippen LogP contribution in [-0.2, 0) is 6.42 Å². The molecule has 1 unspecified atom stereocenters. The van der Waals surface area contributed by atoms with E-state index in [2.05, 4.69) is 27.8 Å². The second-order valence-corrected chi connectivity index (χ2v) is 5.95. The van der Waals surface area contributed by atoms with Crippen molar-refractivity contribution in [2.75, 3.05) is 6.54 Å². The molecule has 4 heteroatoms. The standard InChI is InChI=1S/C10H15BrN2S/c1-6(5-12)4-8-13-10(11)9(14-8)7-2-3-7/h6-7H,2-5,12H2,1H3. The average molecular weight is 275 g/mol. The lowest BCUT2D eigenvalue weighted by Crippen LogP contribution is -2.12. The molecule has 1 aliphatic carbocycles. The lowest BCUT2D eigenvalue weighted by molar-refractivity contribution is 0.591. The summed E-state index contributed by atoms with van der Waals surface area (Å²) < 4.78 is 1.07. The molecule has 0 aromatic carbocycles. The molecule has 1 fully saturated rings. The predicted octanol–water partition coefficient (Wildman–Crippen LogP) is 2.92. The monoisotopic (exact) mass is 274 g/mol. The molecule has 2 N–H and O–H groups in total. The topological polar surface area (TPSA) is 38.9 Å². The Kier molecular flexibility index (Phi) is 3.24. The van der Waals surface area contributed by atoms with Crippen LogP contribution in [0.1, 0.15) is 35.6 Å². The molecule has 1 saturated carbocycles. The molecule has 1 aliphatic rings. The van der Waals surface area contributed by atoms with Crippen LogP contribution in [0.3, 0.4) is 0 Å². The van der Waals surface area contributed by atoms with E-state index in [-0.39, 0.29) is 0 Å². The van der Waals surface area contributed by atoms with Crippen molar-refractivity contribution in [3.8, 4) is 0 Å². The van der Waals surface area contributed by atoms with Gasteiger partial charge in [0.1, 0.15) is 4.60 Å². The number of rotatable bonds is 4. The highest BCUT2D eigenvalue weighted by molar-refractivity contribution is 9.10. The van der Waals surface area contributed by atoms with E-state index in [0.29, 0.717) is 5.92 Å². The molecule has 1 aromatic rings. The van der Waals surface area contributed by atoms with Crippen molar-refractivity contribution >= 4 is 27.3 Å². The summed E-state index contributed by atoms with van der Waals surface area (Å²) in [5, 5.41) is 1.23. The Bertz CT molecular complexity index is 320. The third-order valence-electron chi connectivity index (χ3n) is 2.53. The highest BCUT2D eigenvalue weighted by Crippen LogP contribution is 2.46. The largest absolute Gasteiger partial charge is 0.330 e. The zero-order valence-corrected chi connectivity index (χ0v) is 10.7. The second-order valence-electron chi connectivity index (χ2n) is 4.08. The molecule has 14 heavy (non-hydrogen) atoms. The minimum atomic E-state index is 0.542. The molecule has 0 aliphatic heterocycles. The highest BCUT2D eigenvalue weighted by Gasteiger charge is 2.28. The number of thiazole rings is 1. The molecule has 0 bridgehead atoms. The molecule has 0 spiro atoms. The average Bonchev–Trinajstić information content (AvgIpc) is 2.92. The molecule has 1 atom stereocenters. The number of hydrogen-bond donors (Lipinski definition) is 1. The maximum atomic E-state index is 5.60. The first-order chi connectivity index (χ1) is 6.70. The van der Waals surface area contributed by atoms with Crippen molar-refractivity contribution in [3.63, 3.8) is 0 Å². The Balaban J connectivity index is 2.07. The third kappa shape index (κ3) is 2.35. The molecular weight excluding hydrogens is 260 g/mol. The Morgan fingerprint density at radius 2 is 2.36 bits per heavy atom. The second kappa shape index (κ2) is 4.29. The van der Waals surface area contributed by atoms with E-state index >= 15 is 0 Å². The summed E-state index contributed by atoms with van der Waals surface area (Å²) in [6, 6.07) is 0. The normalized spacial score (nSPS) is 18.5. The van der Waals surface area contributed by atoms with Gasteiger partial charge >= 0.3 is 0 Å². The van der Waals surface area contributed by atoms with Crippen LogP contribution in [0.5, 0.6) is 0 Å². The zero-order valence-electron chi connectivity index (χ0n) is 8.29. The smallest absolute Gasteiger partial charge is 0.120 e. The molecule has 0 saturated heterocycles. The molecule has 0 radical (unpaired) electrons. The van der Waals surface area contributed by atoms with E-state index in [4.69, 9.17) is 5.73 Å². The number of hydrogen-bond acceptors (Lipinski definition) is 3. The van der Waals surface area contributed by atoms with Crippen molar-refractivity contribution in [3.05, 3.63) is 14.5 Å². The summed E-state index contributed by atoms with van der Waals surface area (Å²) in [5.41, 5.74) is 5.60. The fourth-order valence-corrected chi connectivity index (χ4v) is 3.61. The van der Waals surface area contributed by atoms with Crippen LogP contribution in [0.4, 0.5) is 0 Å². The number of halogens is 1. The van der Waals surface area contributed by atoms with Crippen LogP contribution in [0.2, 0.25) is 0 Å². The van der Waals surface area contributed by atoms with E-state index in [1.54, 1.807) is 0 Å². The Morgan fingerprint density at radius 3 is 2.93 bits per heavy atom. The fraction of sp³-hybridized carbons (Fsp3) is 0.700. The van der Waals surface area contributed by atoms with Crippen LogP contribution >= 0.6 is 27.3 Å². The van der Waals surface area contributed by atoms with E-state index in [1.165, 1.54) is 22.7 Å². The Labute approximate surface area is 97.0 Å². The third-order valence-corrected chi connectivity index (χ3v) is 4.63. The van der Waals surface area contributed by atoms with Crippen molar-refractivity contribution in [2.45, 2.75) is 32.1 Å². The summed E-state index contributed by atoms with van der Waals surface area (Å²) in [4.78, 5) is 5.99. The maximum Gasteiger partial charge on any atom is 0.120 e. The van der Waals surface area contributed by atoms with Gasteiger partial charge in [-0.25, -0.2) is 4.98 Å². The first kappa shape index (κ1) is 10.6. The zero-order chi connectivity index (χ0) is 10.1. The minimum Gasteiger partial charge on any atom is -0.330 e. The first-order valence-electron chi connectivity index (χ1n) is 5.06. The lowest BCUT2D eigenvalue weighted by Gasteiger charge is -2.03. The van der Waals surface area contributed by atoms with E-state index < -0.39 is 0 Å². The van der Waals surface area contributed by atoms with Gasteiger partial charge in [-0.3, -0.25) is 0 Å². The number of nitrogens with two attached hydrogens (primary N) is 1. The number of aromatic nitrogens is 1. The Hall–Kier alpha value is 0.0700. The van der Waals surface area contributed by atoms with Gasteiger partial charge < -0.3 is 5.73 Å². The Morgan fingerprint density at radius 1 is 1.64 bits per heavy atom. The molecule has 2 rings (SSSR count). The van der Waals surface area contributed by atoms with Crippen molar-refractivity contribution in [1.82, 2.24) is 4.98 Å². The van der Waals surface area contributed by atoms with Crippen LogP contribution in [0.15, 0.2) is 4.60 Å². The van der Waals surface area contributed by atoms with Gasteiger partial charge in [-0.1, -0.05) is 6.92 Å². The summed E-state index contributed by atoms with van der Waals surface area (Å²) in [5.74, 6) is 1.34. The quantitative estimate of drug-likeness (QED) is 0.917. The van der Waals surface area contributed by atoms with Gasteiger partial charge in [-0.05, 0) is 47.2 Å². The molecule has 2 nitrogen and oxygen atoms in total. The molecule has 1 heterocycles. The van der Waals surface area contributed by atoms with E-state index in [9.17, 15) is 0 Å². The molecule has 0 amide bonds. The van der Waals surface area contributed by atoms with Crippen molar-refractivity contribution in [1.29, 1.82) is 0 Å². The lowest BCUT2D eigenvalue weighted by atomic mass is 10.1. The molecule has 1 aromatic heterocycles. The molecule has 78 valence electrons. The van der Waals surface area contributed by atoms with Gasteiger partial charge in [-0.15, -0.1) is 11.3 Å². The summed E-state index contributed by atoms with van der Waals surface area (Å²) in [6.45, 7) is 2.92. The summed E-state index contributed by atoms with van der Waals surface area (Å²) in [7, 11) is 0. The molecular formula is C10H15BrN2S. The van der Waals surface area contributed by atoms with Gasteiger partial charge in [0.05, 0.1) is 5.01 Å². The van der Waals surface area contributed by atoms with E-state index in [0.717, 1.165) is 23.5 Å². The minimum absolute atomic E-state index is 0.542. The fourth-order valence-electron chi connectivity index (χ4n) is 1.42. The van der Waals surface area contributed by atoms with Crippen molar-refractivity contribution < 1.29 is 0 Å². The van der Waals surface area contributed by atoms with E-state index in [1.807, 2.05) is 11.3 Å². The van der Waals surface area contributed by atoms with Gasteiger partial charge in [0.2, 0.25) is 0 Å². The first-order valence-corrected chi connectivity index (χ1v) is 6.66. The predicted molar refractivity (Wildman–Crippen MR) is 63.7 cm³/mol. The van der Waals surface area contributed by atoms with Crippen LogP contribution in [0, 0.1) is 5.92 Å². The van der Waals surface area contributed by atoms with Crippen LogP contribution in [-0.4, -0.2) is 11.5 Å². The summed E-state index contributed by atoms with van der Waals surface area (Å²) in [6.07, 6.45) is 3.70. The van der Waals surface area contributed by atoms with Crippen molar-refractivity contribution in [2.24, 2.45) is 11.7 Å². The maximum absolute atomic E-state index is 5.60. The SMILES string of the molecule is CC(CN)Cc1nc(Br)c(C2CC2)s1. The van der Waals surface area contributed by atoms with Gasteiger partial charge in [-0.2, -0.15) is 0 Å².